The van der Waals surface area contributed by atoms with E-state index in [2.05, 4.69) is 10.3 Å². The minimum atomic E-state index is -1.43. The fourth-order valence-corrected chi connectivity index (χ4v) is 3.52. The largest absolute Gasteiger partial charge is 0.494 e. The molecule has 8 nitrogen and oxygen atoms in total. The number of aromatic nitrogens is 2. The van der Waals surface area contributed by atoms with Crippen LogP contribution in [0.5, 0.6) is 5.88 Å². The van der Waals surface area contributed by atoms with Gasteiger partial charge in [-0.25, -0.2) is 9.79 Å². The first-order valence-electron chi connectivity index (χ1n) is 8.89. The molecule has 0 saturated carbocycles. The topological polar surface area (TPSA) is 106 Å². The second-order valence-corrected chi connectivity index (χ2v) is 6.76. The number of benzene rings is 2. The zero-order valence-electron chi connectivity index (χ0n) is 15.8. The van der Waals surface area contributed by atoms with Gasteiger partial charge in [0.05, 0.1) is 0 Å². The van der Waals surface area contributed by atoms with Crippen LogP contribution in [-0.2, 0) is 24.4 Å². The molecule has 8 heteroatoms. The lowest BCUT2D eigenvalue weighted by Crippen LogP contribution is -2.43. The van der Waals surface area contributed by atoms with Crippen molar-refractivity contribution in [3.05, 3.63) is 98.2 Å². The molecule has 2 aromatic carbocycles. The van der Waals surface area contributed by atoms with Crippen LogP contribution in [0.1, 0.15) is 16.7 Å². The molecular weight excluding hydrogens is 372 g/mol. The van der Waals surface area contributed by atoms with Crippen molar-refractivity contribution in [2.24, 2.45) is 19.1 Å². The van der Waals surface area contributed by atoms with Gasteiger partial charge in [0.1, 0.15) is 11.4 Å². The van der Waals surface area contributed by atoms with Gasteiger partial charge in [0.2, 0.25) is 5.88 Å². The van der Waals surface area contributed by atoms with E-state index in [0.717, 1.165) is 9.13 Å². The van der Waals surface area contributed by atoms with Gasteiger partial charge >= 0.3 is 5.69 Å². The van der Waals surface area contributed by atoms with E-state index in [1.807, 2.05) is 12.1 Å². The number of aliphatic imine (C=N–C) groups is 1. The molecule has 0 unspecified atom stereocenters. The monoisotopic (exact) mass is 390 g/mol. The standard InChI is InChI=1S/C21H18N4O4/c1-24-17(26)15(18(27)25(2)20(24)29)16-22-19(28)21(23-16,13-9-5-3-6-10-13)14-11-7-4-8-12-14/h3-12,26H,1-2H3,(H,22,23,28). The molecule has 2 N–H and O–H groups in total. The summed E-state index contributed by atoms with van der Waals surface area (Å²) in [5, 5.41) is 13.1. The average Bonchev–Trinajstić information content (AvgIpc) is 3.10. The number of carbonyl (C=O) groups excluding carboxylic acids is 1. The number of hydrogen-bond acceptors (Lipinski definition) is 5. The summed E-state index contributed by atoms with van der Waals surface area (Å²) < 4.78 is 1.78. The molecule has 0 fully saturated rings. The predicted molar refractivity (Wildman–Crippen MR) is 107 cm³/mol. The molecule has 0 aliphatic carbocycles. The van der Waals surface area contributed by atoms with Crippen molar-refractivity contribution >= 4 is 11.7 Å². The van der Waals surface area contributed by atoms with Gasteiger partial charge in [0.25, 0.3) is 11.5 Å². The third-order valence-corrected chi connectivity index (χ3v) is 5.09. The van der Waals surface area contributed by atoms with Crippen molar-refractivity contribution in [2.45, 2.75) is 5.54 Å². The van der Waals surface area contributed by atoms with Gasteiger partial charge < -0.3 is 10.4 Å². The summed E-state index contributed by atoms with van der Waals surface area (Å²) >= 11 is 0. The molecule has 1 amide bonds. The molecule has 2 heterocycles. The van der Waals surface area contributed by atoms with Gasteiger partial charge in [-0.1, -0.05) is 60.7 Å². The molecule has 3 aromatic rings. The smallest absolute Gasteiger partial charge is 0.333 e. The van der Waals surface area contributed by atoms with Crippen LogP contribution in [0.15, 0.2) is 75.2 Å². The number of amides is 1. The van der Waals surface area contributed by atoms with E-state index < -0.39 is 28.6 Å². The first-order chi connectivity index (χ1) is 13.9. The minimum Gasteiger partial charge on any atom is -0.494 e. The van der Waals surface area contributed by atoms with Gasteiger partial charge in [-0.15, -0.1) is 0 Å². The third-order valence-electron chi connectivity index (χ3n) is 5.09. The molecule has 1 aliphatic rings. The van der Waals surface area contributed by atoms with E-state index in [0.29, 0.717) is 11.1 Å². The fraction of sp³-hybridized carbons (Fsp3) is 0.143. The van der Waals surface area contributed by atoms with E-state index in [1.54, 1.807) is 48.5 Å². The van der Waals surface area contributed by atoms with E-state index in [9.17, 15) is 19.5 Å². The Balaban J connectivity index is 2.04. The van der Waals surface area contributed by atoms with Gasteiger partial charge in [-0.05, 0) is 11.1 Å². The Morgan fingerprint density at radius 3 is 1.90 bits per heavy atom. The van der Waals surface area contributed by atoms with Crippen molar-refractivity contribution in [3.63, 3.8) is 0 Å². The van der Waals surface area contributed by atoms with Crippen molar-refractivity contribution in [2.75, 3.05) is 0 Å². The van der Waals surface area contributed by atoms with Crippen LogP contribution in [0.2, 0.25) is 0 Å². The number of nitrogens with one attached hydrogen (secondary N) is 1. The van der Waals surface area contributed by atoms with Crippen LogP contribution in [-0.4, -0.2) is 26.0 Å². The Bertz CT molecular complexity index is 1220. The summed E-state index contributed by atoms with van der Waals surface area (Å²) in [5.41, 5.74) is -1.87. The maximum atomic E-state index is 13.3. The highest BCUT2D eigenvalue weighted by Crippen LogP contribution is 2.37. The molecule has 0 bridgehead atoms. The zero-order valence-corrected chi connectivity index (χ0v) is 15.8. The summed E-state index contributed by atoms with van der Waals surface area (Å²) in [5.74, 6) is -1.11. The van der Waals surface area contributed by atoms with E-state index in [-0.39, 0.29) is 11.4 Å². The first kappa shape index (κ1) is 18.4. The molecular formula is C21H18N4O4. The average molecular weight is 390 g/mol. The van der Waals surface area contributed by atoms with Crippen molar-refractivity contribution in [1.29, 1.82) is 0 Å². The number of hydrogen-bond donors (Lipinski definition) is 2. The number of carbonyl (C=O) groups is 1. The molecule has 146 valence electrons. The summed E-state index contributed by atoms with van der Waals surface area (Å²) in [6, 6.07) is 17.9. The Hall–Kier alpha value is -3.94. The molecule has 1 aliphatic heterocycles. The van der Waals surface area contributed by atoms with Crippen molar-refractivity contribution in [3.8, 4) is 5.88 Å². The van der Waals surface area contributed by atoms with Crippen LogP contribution in [0.4, 0.5) is 0 Å². The number of rotatable bonds is 3. The van der Waals surface area contributed by atoms with Crippen LogP contribution in [0.25, 0.3) is 0 Å². The molecule has 0 atom stereocenters. The summed E-state index contributed by atoms with van der Waals surface area (Å²) in [4.78, 5) is 42.6. The molecule has 1 aromatic heterocycles. The maximum Gasteiger partial charge on any atom is 0.333 e. The summed E-state index contributed by atoms with van der Waals surface area (Å²) in [6.45, 7) is 0. The first-order valence-corrected chi connectivity index (χ1v) is 8.89. The minimum absolute atomic E-state index is 0.0867. The third kappa shape index (κ3) is 2.60. The van der Waals surface area contributed by atoms with Crippen LogP contribution < -0.4 is 16.6 Å². The molecule has 29 heavy (non-hydrogen) atoms. The highest BCUT2D eigenvalue weighted by Gasteiger charge is 2.48. The lowest BCUT2D eigenvalue weighted by Gasteiger charge is -2.24. The summed E-state index contributed by atoms with van der Waals surface area (Å²) in [6.07, 6.45) is 0. The quantitative estimate of drug-likeness (QED) is 0.683. The number of nitrogens with zero attached hydrogens (tertiary/aromatic N) is 3. The Kier molecular flexibility index (Phi) is 4.19. The highest BCUT2D eigenvalue weighted by molar-refractivity contribution is 6.17. The van der Waals surface area contributed by atoms with E-state index in [1.165, 1.54) is 14.1 Å². The predicted octanol–water partition coefficient (Wildman–Crippen LogP) is 0.610. The van der Waals surface area contributed by atoms with Crippen molar-refractivity contribution < 1.29 is 9.90 Å². The van der Waals surface area contributed by atoms with Gasteiger partial charge in [0, 0.05) is 14.1 Å². The van der Waals surface area contributed by atoms with Crippen LogP contribution in [0, 0.1) is 0 Å². The van der Waals surface area contributed by atoms with E-state index in [4.69, 9.17) is 0 Å². The number of amidine groups is 1. The van der Waals surface area contributed by atoms with Gasteiger partial charge in [0.15, 0.2) is 5.54 Å². The Labute approximate surface area is 165 Å². The molecule has 0 radical (unpaired) electrons. The molecule has 0 saturated heterocycles. The second-order valence-electron chi connectivity index (χ2n) is 6.76. The molecule has 4 rings (SSSR count). The van der Waals surface area contributed by atoms with Gasteiger partial charge in [-0.2, -0.15) is 0 Å². The highest BCUT2D eigenvalue weighted by atomic mass is 16.3. The van der Waals surface area contributed by atoms with Gasteiger partial charge in [-0.3, -0.25) is 18.7 Å². The Morgan fingerprint density at radius 1 is 0.862 bits per heavy atom. The SMILES string of the molecule is Cn1c(O)c(C2=NC(c3ccccc3)(c3ccccc3)C(=O)N2)c(=O)n(C)c1=O. The molecule has 0 spiro atoms. The second kappa shape index (κ2) is 6.59. The number of aromatic hydroxyl groups is 1. The van der Waals surface area contributed by atoms with Crippen LogP contribution >= 0.6 is 0 Å². The fourth-order valence-electron chi connectivity index (χ4n) is 3.52. The maximum absolute atomic E-state index is 13.3. The lowest BCUT2D eigenvalue weighted by atomic mass is 9.83. The normalized spacial score (nSPS) is 15.1. The van der Waals surface area contributed by atoms with Crippen molar-refractivity contribution in [1.82, 2.24) is 14.5 Å². The lowest BCUT2D eigenvalue weighted by molar-refractivity contribution is -0.122. The van der Waals surface area contributed by atoms with Crippen LogP contribution in [0.3, 0.4) is 0 Å². The van der Waals surface area contributed by atoms with E-state index >= 15 is 0 Å². The Morgan fingerprint density at radius 2 is 1.38 bits per heavy atom. The summed E-state index contributed by atoms with van der Waals surface area (Å²) in [7, 11) is 2.63. The zero-order chi connectivity index (χ0) is 20.8.